The van der Waals surface area contributed by atoms with Crippen molar-refractivity contribution in [3.05, 3.63) is 35.9 Å². The zero-order valence-corrected chi connectivity index (χ0v) is 9.40. The Bertz CT molecular complexity index is 243. The molecule has 0 N–H and O–H groups in total. The van der Waals surface area contributed by atoms with Gasteiger partial charge in [0, 0.05) is 0 Å². The van der Waals surface area contributed by atoms with Crippen molar-refractivity contribution in [3.63, 3.8) is 0 Å². The molecular weight excluding hydrogens is 168 g/mol. The molecule has 1 rings (SSSR count). The molecule has 0 heteroatoms. The normalized spacial score (nSPS) is 11.6. The highest BCUT2D eigenvalue weighted by atomic mass is 14.1. The van der Waals surface area contributed by atoms with Crippen LogP contribution in [0.3, 0.4) is 0 Å². The molecule has 0 amide bonds. The van der Waals surface area contributed by atoms with Crippen LogP contribution >= 0.6 is 0 Å². The van der Waals surface area contributed by atoms with Gasteiger partial charge in [-0.15, -0.1) is 12.8 Å². The van der Waals surface area contributed by atoms with Crippen LogP contribution in [-0.4, -0.2) is 0 Å². The molecule has 0 nitrogen and oxygen atoms in total. The van der Waals surface area contributed by atoms with Crippen molar-refractivity contribution in [2.75, 3.05) is 0 Å². The van der Waals surface area contributed by atoms with Gasteiger partial charge in [0.05, 0.1) is 0 Å². The van der Waals surface area contributed by atoms with Gasteiger partial charge in [-0.1, -0.05) is 51.1 Å². The average molecular weight is 188 g/mol. The molecule has 1 aromatic rings. The third kappa shape index (κ3) is 4.72. The minimum atomic E-state index is 0.700. The predicted octanol–water partition coefficient (Wildman–Crippen LogP) is 4.09. The van der Waals surface area contributed by atoms with Gasteiger partial charge in [-0.25, -0.2) is 0 Å². The van der Waals surface area contributed by atoms with Crippen LogP contribution in [-0.2, 0) is 0 Å². The fraction of sp³-hybridized carbons (Fsp3) is 0.429. The second-order valence-electron chi connectivity index (χ2n) is 3.94. The first-order valence-electron chi connectivity index (χ1n) is 5.08. The third-order valence-electron chi connectivity index (χ3n) is 2.19. The van der Waals surface area contributed by atoms with Crippen molar-refractivity contribution in [2.45, 2.75) is 33.1 Å². The van der Waals surface area contributed by atoms with Crippen molar-refractivity contribution in [3.8, 4) is 12.8 Å². The molecule has 1 atom stereocenters. The highest BCUT2D eigenvalue weighted by Crippen LogP contribution is 2.22. The number of terminal acetylenes is 1. The number of hydrogen-bond donors (Lipinski definition) is 0. The zero-order chi connectivity index (χ0) is 11.0. The molecule has 76 valence electrons. The van der Waals surface area contributed by atoms with E-state index in [-0.39, 0.29) is 0 Å². The standard InChI is InChI=1S/C12H18.C2H2/c1-10(2)9-11(3)12-7-5-4-6-8-12;1-2/h4-8,10-11H,9H2,1-3H3;1-2H. The molecule has 0 heterocycles. The Balaban J connectivity index is 0.000000791. The smallest absolute Gasteiger partial charge is 0.0188 e. The minimum Gasteiger partial charge on any atom is -0.124 e. The molecule has 14 heavy (non-hydrogen) atoms. The van der Waals surface area contributed by atoms with Crippen LogP contribution in [0.1, 0.15) is 38.7 Å². The molecule has 0 aliphatic rings. The molecule has 0 spiro atoms. The third-order valence-corrected chi connectivity index (χ3v) is 2.19. The largest absolute Gasteiger partial charge is 0.124 e. The van der Waals surface area contributed by atoms with Crippen molar-refractivity contribution >= 4 is 0 Å². The summed E-state index contributed by atoms with van der Waals surface area (Å²) < 4.78 is 0. The zero-order valence-electron chi connectivity index (χ0n) is 9.40. The molecule has 1 unspecified atom stereocenters. The molecule has 0 radical (unpaired) electrons. The second-order valence-corrected chi connectivity index (χ2v) is 3.94. The van der Waals surface area contributed by atoms with Crippen molar-refractivity contribution in [2.24, 2.45) is 5.92 Å². The van der Waals surface area contributed by atoms with Crippen molar-refractivity contribution < 1.29 is 0 Å². The first-order valence-corrected chi connectivity index (χ1v) is 5.08. The van der Waals surface area contributed by atoms with Gasteiger partial charge in [-0.05, 0) is 23.8 Å². The van der Waals surface area contributed by atoms with E-state index in [0.717, 1.165) is 5.92 Å². The van der Waals surface area contributed by atoms with E-state index in [1.165, 1.54) is 12.0 Å². The van der Waals surface area contributed by atoms with Gasteiger partial charge in [-0.3, -0.25) is 0 Å². The Morgan fingerprint density at radius 2 is 1.50 bits per heavy atom. The first-order chi connectivity index (χ1) is 6.70. The summed E-state index contributed by atoms with van der Waals surface area (Å²) >= 11 is 0. The maximum absolute atomic E-state index is 4.00. The molecule has 0 bridgehead atoms. The van der Waals surface area contributed by atoms with Gasteiger partial charge in [0.2, 0.25) is 0 Å². The summed E-state index contributed by atoms with van der Waals surface area (Å²) in [6.45, 7) is 6.86. The lowest BCUT2D eigenvalue weighted by Gasteiger charge is -2.13. The van der Waals surface area contributed by atoms with Crippen LogP contribution < -0.4 is 0 Å². The molecule has 0 saturated carbocycles. The van der Waals surface area contributed by atoms with E-state index in [4.69, 9.17) is 0 Å². The van der Waals surface area contributed by atoms with Crippen LogP contribution in [0.2, 0.25) is 0 Å². The fourth-order valence-corrected chi connectivity index (χ4v) is 1.62. The van der Waals surface area contributed by atoms with Crippen LogP contribution in [0, 0.1) is 18.8 Å². The summed E-state index contributed by atoms with van der Waals surface area (Å²) in [7, 11) is 0. The number of rotatable bonds is 3. The minimum absolute atomic E-state index is 0.700. The molecular formula is C14H20. The summed E-state index contributed by atoms with van der Waals surface area (Å²) in [6, 6.07) is 10.7. The Morgan fingerprint density at radius 3 is 1.93 bits per heavy atom. The summed E-state index contributed by atoms with van der Waals surface area (Å²) in [4.78, 5) is 0. The van der Waals surface area contributed by atoms with Crippen molar-refractivity contribution in [1.29, 1.82) is 0 Å². The Labute approximate surface area is 88.4 Å². The average Bonchev–Trinajstić information content (AvgIpc) is 2.21. The molecule has 0 aliphatic heterocycles. The van der Waals surface area contributed by atoms with Gasteiger partial charge < -0.3 is 0 Å². The summed E-state index contributed by atoms with van der Waals surface area (Å²) in [6.07, 6.45) is 9.28. The van der Waals surface area contributed by atoms with E-state index < -0.39 is 0 Å². The van der Waals surface area contributed by atoms with E-state index in [2.05, 4.69) is 63.9 Å². The second kappa shape index (κ2) is 7.21. The lowest BCUT2D eigenvalue weighted by Crippen LogP contribution is -1.97. The molecule has 0 aliphatic carbocycles. The Morgan fingerprint density at radius 1 is 1.00 bits per heavy atom. The summed E-state index contributed by atoms with van der Waals surface area (Å²) in [5.41, 5.74) is 1.46. The number of hydrogen-bond acceptors (Lipinski definition) is 0. The maximum Gasteiger partial charge on any atom is -0.0188 e. The van der Waals surface area contributed by atoms with Crippen LogP contribution in [0.4, 0.5) is 0 Å². The quantitative estimate of drug-likeness (QED) is 0.627. The molecule has 0 aromatic heterocycles. The van der Waals surface area contributed by atoms with E-state index in [0.29, 0.717) is 5.92 Å². The molecule has 0 saturated heterocycles. The lowest BCUT2D eigenvalue weighted by atomic mass is 9.92. The molecule has 0 fully saturated rings. The number of benzene rings is 1. The Kier molecular flexibility index (Phi) is 6.58. The first kappa shape index (κ1) is 12.8. The van der Waals surface area contributed by atoms with E-state index in [1.54, 1.807) is 0 Å². The van der Waals surface area contributed by atoms with E-state index >= 15 is 0 Å². The van der Waals surface area contributed by atoms with E-state index in [1.807, 2.05) is 0 Å². The fourth-order valence-electron chi connectivity index (χ4n) is 1.62. The van der Waals surface area contributed by atoms with Crippen LogP contribution in [0.15, 0.2) is 30.3 Å². The van der Waals surface area contributed by atoms with Gasteiger partial charge in [-0.2, -0.15) is 0 Å². The lowest BCUT2D eigenvalue weighted by molar-refractivity contribution is 0.524. The Hall–Kier alpha value is -1.22. The highest BCUT2D eigenvalue weighted by molar-refractivity contribution is 5.18. The van der Waals surface area contributed by atoms with Crippen LogP contribution in [0.5, 0.6) is 0 Å². The predicted molar refractivity (Wildman–Crippen MR) is 64.2 cm³/mol. The SMILES string of the molecule is C#C.CC(C)CC(C)c1ccccc1. The van der Waals surface area contributed by atoms with E-state index in [9.17, 15) is 0 Å². The highest BCUT2D eigenvalue weighted by Gasteiger charge is 2.06. The summed E-state index contributed by atoms with van der Waals surface area (Å²) in [5, 5.41) is 0. The van der Waals surface area contributed by atoms with Gasteiger partial charge >= 0.3 is 0 Å². The van der Waals surface area contributed by atoms with Crippen molar-refractivity contribution in [1.82, 2.24) is 0 Å². The maximum atomic E-state index is 4.00. The van der Waals surface area contributed by atoms with Gasteiger partial charge in [0.15, 0.2) is 0 Å². The van der Waals surface area contributed by atoms with Crippen LogP contribution in [0.25, 0.3) is 0 Å². The summed E-state index contributed by atoms with van der Waals surface area (Å²) in [5.74, 6) is 1.49. The topological polar surface area (TPSA) is 0 Å². The molecule has 1 aromatic carbocycles. The van der Waals surface area contributed by atoms with Gasteiger partial charge in [0.1, 0.15) is 0 Å². The van der Waals surface area contributed by atoms with Gasteiger partial charge in [0.25, 0.3) is 0 Å². The monoisotopic (exact) mass is 188 g/mol.